The summed E-state index contributed by atoms with van der Waals surface area (Å²) in [5.74, 6) is 0. The highest BCUT2D eigenvalue weighted by molar-refractivity contribution is 5.79. The molecule has 1 heterocycles. The third-order valence-electron chi connectivity index (χ3n) is 1.73. The van der Waals surface area contributed by atoms with Gasteiger partial charge in [0.15, 0.2) is 0 Å². The molecule has 1 aliphatic heterocycles. The molecule has 0 unspecified atom stereocenters. The minimum Gasteiger partial charge on any atom is -0.289 e. The second-order valence-electron chi connectivity index (χ2n) is 2.77. The summed E-state index contributed by atoms with van der Waals surface area (Å²) in [7, 11) is 0. The molecule has 0 aromatic rings. The van der Waals surface area contributed by atoms with Crippen LogP contribution in [0.25, 0.3) is 0 Å². The molecule has 1 heteroatoms. The van der Waals surface area contributed by atoms with Crippen LogP contribution in [0.15, 0.2) is 28.8 Å². The second-order valence-corrected chi connectivity index (χ2v) is 2.77. The van der Waals surface area contributed by atoms with Gasteiger partial charge in [-0.1, -0.05) is 31.6 Å². The average Bonchev–Trinajstić information content (AvgIpc) is 2.28. The molecular weight excluding hydrogens is 134 g/mol. The summed E-state index contributed by atoms with van der Waals surface area (Å²) in [6.07, 6.45) is 12.0. The van der Waals surface area contributed by atoms with Crippen LogP contribution in [0, 0.1) is 0 Å². The lowest BCUT2D eigenvalue weighted by molar-refractivity contribution is 0.804. The maximum atomic E-state index is 4.23. The molecule has 11 heavy (non-hydrogen) atoms. The SMILES string of the molecule is CCCCC1=CC=CCN=C1. The normalized spacial score (nSPS) is 16.3. The molecule has 0 saturated carbocycles. The summed E-state index contributed by atoms with van der Waals surface area (Å²) in [5, 5.41) is 0. The molecule has 0 spiro atoms. The van der Waals surface area contributed by atoms with E-state index in [0.29, 0.717) is 0 Å². The molecule has 0 bridgehead atoms. The van der Waals surface area contributed by atoms with Crippen LogP contribution in [0.3, 0.4) is 0 Å². The Morgan fingerprint density at radius 3 is 3.27 bits per heavy atom. The first kappa shape index (κ1) is 8.25. The summed E-state index contributed by atoms with van der Waals surface area (Å²) in [6.45, 7) is 3.05. The lowest BCUT2D eigenvalue weighted by Crippen LogP contribution is -1.84. The zero-order chi connectivity index (χ0) is 7.94. The summed E-state index contributed by atoms with van der Waals surface area (Å²) in [4.78, 5) is 4.23. The summed E-state index contributed by atoms with van der Waals surface area (Å²) in [5.41, 5.74) is 1.36. The molecule has 1 aliphatic rings. The molecule has 0 aromatic heterocycles. The zero-order valence-electron chi connectivity index (χ0n) is 7.09. The Hall–Kier alpha value is -0.850. The van der Waals surface area contributed by atoms with Gasteiger partial charge in [0.2, 0.25) is 0 Å². The fraction of sp³-hybridized carbons (Fsp3) is 0.500. The van der Waals surface area contributed by atoms with Gasteiger partial charge in [0.05, 0.1) is 6.54 Å². The fourth-order valence-electron chi connectivity index (χ4n) is 1.06. The maximum Gasteiger partial charge on any atom is 0.0573 e. The fourth-order valence-corrected chi connectivity index (χ4v) is 1.06. The van der Waals surface area contributed by atoms with Crippen molar-refractivity contribution in [3.63, 3.8) is 0 Å². The van der Waals surface area contributed by atoms with Crippen LogP contribution in [-0.2, 0) is 0 Å². The summed E-state index contributed by atoms with van der Waals surface area (Å²) in [6, 6.07) is 0. The van der Waals surface area contributed by atoms with Crippen molar-refractivity contribution >= 4 is 6.21 Å². The molecule has 1 rings (SSSR count). The van der Waals surface area contributed by atoms with Crippen LogP contribution in [0.2, 0.25) is 0 Å². The number of unbranched alkanes of at least 4 members (excludes halogenated alkanes) is 1. The Balaban J connectivity index is 2.42. The van der Waals surface area contributed by atoms with E-state index in [0.717, 1.165) is 6.54 Å². The maximum absolute atomic E-state index is 4.23. The van der Waals surface area contributed by atoms with E-state index in [2.05, 4.69) is 30.1 Å². The molecule has 0 atom stereocenters. The van der Waals surface area contributed by atoms with Crippen LogP contribution in [0.5, 0.6) is 0 Å². The monoisotopic (exact) mass is 149 g/mol. The van der Waals surface area contributed by atoms with E-state index in [1.165, 1.54) is 24.8 Å². The van der Waals surface area contributed by atoms with Crippen molar-refractivity contribution in [2.45, 2.75) is 26.2 Å². The van der Waals surface area contributed by atoms with Gasteiger partial charge in [-0.15, -0.1) is 0 Å². The van der Waals surface area contributed by atoms with Crippen molar-refractivity contribution < 1.29 is 0 Å². The van der Waals surface area contributed by atoms with Crippen molar-refractivity contribution in [2.24, 2.45) is 4.99 Å². The van der Waals surface area contributed by atoms with E-state index in [1.807, 2.05) is 6.21 Å². The average molecular weight is 149 g/mol. The predicted molar refractivity (Wildman–Crippen MR) is 50.1 cm³/mol. The van der Waals surface area contributed by atoms with Crippen molar-refractivity contribution in [2.75, 3.05) is 6.54 Å². The molecule has 0 radical (unpaired) electrons. The molecule has 0 amide bonds. The minimum absolute atomic E-state index is 0.839. The number of nitrogens with zero attached hydrogens (tertiary/aromatic N) is 1. The number of hydrogen-bond acceptors (Lipinski definition) is 1. The van der Waals surface area contributed by atoms with Gasteiger partial charge in [0.25, 0.3) is 0 Å². The number of hydrogen-bond donors (Lipinski definition) is 0. The topological polar surface area (TPSA) is 12.4 Å². The predicted octanol–water partition coefficient (Wildman–Crippen LogP) is 2.74. The Morgan fingerprint density at radius 2 is 2.45 bits per heavy atom. The number of rotatable bonds is 3. The van der Waals surface area contributed by atoms with Gasteiger partial charge >= 0.3 is 0 Å². The first-order valence-electron chi connectivity index (χ1n) is 4.29. The van der Waals surface area contributed by atoms with Crippen molar-refractivity contribution in [3.8, 4) is 0 Å². The van der Waals surface area contributed by atoms with Crippen LogP contribution in [0.4, 0.5) is 0 Å². The first-order valence-corrected chi connectivity index (χ1v) is 4.29. The van der Waals surface area contributed by atoms with E-state index in [4.69, 9.17) is 0 Å². The highest BCUT2D eigenvalue weighted by Gasteiger charge is 1.92. The molecule has 0 fully saturated rings. The van der Waals surface area contributed by atoms with E-state index < -0.39 is 0 Å². The van der Waals surface area contributed by atoms with Crippen molar-refractivity contribution in [1.82, 2.24) is 0 Å². The van der Waals surface area contributed by atoms with Crippen molar-refractivity contribution in [3.05, 3.63) is 23.8 Å². The molecular formula is C10H15N. The van der Waals surface area contributed by atoms with Crippen LogP contribution in [0.1, 0.15) is 26.2 Å². The third-order valence-corrected chi connectivity index (χ3v) is 1.73. The van der Waals surface area contributed by atoms with Gasteiger partial charge < -0.3 is 0 Å². The molecule has 0 N–H and O–H groups in total. The lowest BCUT2D eigenvalue weighted by atomic mass is 10.1. The quantitative estimate of drug-likeness (QED) is 0.585. The lowest BCUT2D eigenvalue weighted by Gasteiger charge is -1.96. The van der Waals surface area contributed by atoms with Crippen molar-refractivity contribution in [1.29, 1.82) is 0 Å². The second kappa shape index (κ2) is 4.89. The molecule has 1 nitrogen and oxygen atoms in total. The largest absolute Gasteiger partial charge is 0.289 e. The summed E-state index contributed by atoms with van der Waals surface area (Å²) >= 11 is 0. The highest BCUT2D eigenvalue weighted by atomic mass is 14.7. The van der Waals surface area contributed by atoms with Gasteiger partial charge in [-0.3, -0.25) is 4.99 Å². The zero-order valence-corrected chi connectivity index (χ0v) is 7.09. The standard InChI is InChI=1S/C10H15N/c1-2-3-6-10-7-4-5-8-11-9-10/h4-5,7,9H,2-3,6,8H2,1H3. The third kappa shape index (κ3) is 3.17. The summed E-state index contributed by atoms with van der Waals surface area (Å²) < 4.78 is 0. The van der Waals surface area contributed by atoms with Gasteiger partial charge in [-0.25, -0.2) is 0 Å². The molecule has 0 aliphatic carbocycles. The van der Waals surface area contributed by atoms with Crippen LogP contribution in [-0.4, -0.2) is 12.8 Å². The number of allylic oxidation sites excluding steroid dienone is 3. The van der Waals surface area contributed by atoms with E-state index in [9.17, 15) is 0 Å². The molecule has 0 saturated heterocycles. The Labute approximate surface area is 68.5 Å². The van der Waals surface area contributed by atoms with Gasteiger partial charge in [-0.05, 0) is 18.4 Å². The van der Waals surface area contributed by atoms with Gasteiger partial charge in [0.1, 0.15) is 0 Å². The van der Waals surface area contributed by atoms with Gasteiger partial charge in [-0.2, -0.15) is 0 Å². The van der Waals surface area contributed by atoms with Crippen LogP contribution < -0.4 is 0 Å². The Morgan fingerprint density at radius 1 is 1.55 bits per heavy atom. The molecule has 0 aromatic carbocycles. The molecule has 60 valence electrons. The van der Waals surface area contributed by atoms with Crippen LogP contribution >= 0.6 is 0 Å². The Bertz CT molecular complexity index is 187. The smallest absolute Gasteiger partial charge is 0.0573 e. The van der Waals surface area contributed by atoms with Gasteiger partial charge in [0, 0.05) is 6.21 Å². The van der Waals surface area contributed by atoms with E-state index in [1.54, 1.807) is 0 Å². The van der Waals surface area contributed by atoms with E-state index in [-0.39, 0.29) is 0 Å². The highest BCUT2D eigenvalue weighted by Crippen LogP contribution is 2.06. The van der Waals surface area contributed by atoms with E-state index >= 15 is 0 Å². The Kier molecular flexibility index (Phi) is 3.67. The number of aliphatic imine (C=N–C) groups is 1. The minimum atomic E-state index is 0.839. The first-order chi connectivity index (χ1) is 5.43.